The predicted molar refractivity (Wildman–Crippen MR) is 69.7 cm³/mol. The van der Waals surface area contributed by atoms with Gasteiger partial charge in [0.1, 0.15) is 5.69 Å². The molecule has 0 radical (unpaired) electrons. The standard InChI is InChI=1S/C12H9F3N2O2S/c13-12(14,15)9-1-2-10(11(5-9)17(18)19)16-6-8-3-4-20-7-8/h1-5,7,16H,6H2. The first-order chi connectivity index (χ1) is 9.38. The third-order valence-corrected chi connectivity index (χ3v) is 3.32. The van der Waals surface area contributed by atoms with Crippen LogP contribution in [0.15, 0.2) is 35.0 Å². The summed E-state index contributed by atoms with van der Waals surface area (Å²) in [5.41, 5.74) is -0.654. The highest BCUT2D eigenvalue weighted by Crippen LogP contribution is 2.35. The van der Waals surface area contributed by atoms with Crippen LogP contribution < -0.4 is 5.32 Å². The van der Waals surface area contributed by atoms with Gasteiger partial charge in [0.05, 0.1) is 10.5 Å². The number of anilines is 1. The van der Waals surface area contributed by atoms with Crippen molar-refractivity contribution in [1.82, 2.24) is 0 Å². The molecule has 0 saturated heterocycles. The van der Waals surface area contributed by atoms with Gasteiger partial charge < -0.3 is 5.32 Å². The summed E-state index contributed by atoms with van der Waals surface area (Å²) in [6.45, 7) is 0.315. The molecule has 0 amide bonds. The molecule has 2 rings (SSSR count). The Morgan fingerprint density at radius 3 is 2.60 bits per heavy atom. The van der Waals surface area contributed by atoms with Crippen LogP contribution in [-0.2, 0) is 12.7 Å². The molecule has 20 heavy (non-hydrogen) atoms. The minimum atomic E-state index is -4.60. The maximum absolute atomic E-state index is 12.5. The van der Waals surface area contributed by atoms with Gasteiger partial charge in [0.25, 0.3) is 5.69 Å². The van der Waals surface area contributed by atoms with Crippen molar-refractivity contribution in [2.24, 2.45) is 0 Å². The Morgan fingerprint density at radius 2 is 2.05 bits per heavy atom. The molecule has 0 saturated carbocycles. The molecule has 0 aliphatic carbocycles. The molecule has 1 aromatic carbocycles. The lowest BCUT2D eigenvalue weighted by Crippen LogP contribution is -2.08. The Kier molecular flexibility index (Phi) is 3.93. The van der Waals surface area contributed by atoms with E-state index in [0.29, 0.717) is 12.6 Å². The number of hydrogen-bond donors (Lipinski definition) is 1. The number of rotatable bonds is 4. The van der Waals surface area contributed by atoms with Crippen molar-refractivity contribution in [2.45, 2.75) is 12.7 Å². The van der Waals surface area contributed by atoms with Crippen LogP contribution in [0.2, 0.25) is 0 Å². The quantitative estimate of drug-likeness (QED) is 0.677. The summed E-state index contributed by atoms with van der Waals surface area (Å²) in [5, 5.41) is 17.3. The molecule has 8 heteroatoms. The number of nitro groups is 1. The van der Waals surface area contributed by atoms with E-state index in [0.717, 1.165) is 17.7 Å². The molecule has 4 nitrogen and oxygen atoms in total. The lowest BCUT2D eigenvalue weighted by Gasteiger charge is -2.10. The summed E-state index contributed by atoms with van der Waals surface area (Å²) >= 11 is 1.47. The molecule has 0 spiro atoms. The average molecular weight is 302 g/mol. The molecule has 1 N–H and O–H groups in total. The van der Waals surface area contributed by atoms with Gasteiger partial charge in [0, 0.05) is 12.6 Å². The van der Waals surface area contributed by atoms with E-state index in [1.165, 1.54) is 11.3 Å². The van der Waals surface area contributed by atoms with Crippen LogP contribution in [0, 0.1) is 10.1 Å². The molecular weight excluding hydrogens is 293 g/mol. The van der Waals surface area contributed by atoms with E-state index < -0.39 is 22.4 Å². The molecule has 106 valence electrons. The largest absolute Gasteiger partial charge is 0.416 e. The summed E-state index contributed by atoms with van der Waals surface area (Å²) in [5.74, 6) is 0. The fourth-order valence-electron chi connectivity index (χ4n) is 1.60. The Hall–Kier alpha value is -2.09. The van der Waals surface area contributed by atoms with Crippen molar-refractivity contribution < 1.29 is 18.1 Å². The Labute approximate surface area is 116 Å². The zero-order chi connectivity index (χ0) is 14.8. The third kappa shape index (κ3) is 3.27. The minimum Gasteiger partial charge on any atom is -0.375 e. The van der Waals surface area contributed by atoms with Gasteiger partial charge >= 0.3 is 6.18 Å². The minimum absolute atomic E-state index is 0.0641. The van der Waals surface area contributed by atoms with Gasteiger partial charge in [-0.05, 0) is 34.5 Å². The molecule has 2 aromatic rings. The van der Waals surface area contributed by atoms with Crippen LogP contribution in [0.25, 0.3) is 0 Å². The van der Waals surface area contributed by atoms with E-state index in [4.69, 9.17) is 0 Å². The van der Waals surface area contributed by atoms with Gasteiger partial charge in [-0.2, -0.15) is 24.5 Å². The van der Waals surface area contributed by atoms with Crippen molar-refractivity contribution in [3.63, 3.8) is 0 Å². The van der Waals surface area contributed by atoms with Crippen molar-refractivity contribution in [3.8, 4) is 0 Å². The van der Waals surface area contributed by atoms with Gasteiger partial charge in [-0.25, -0.2) is 0 Å². The van der Waals surface area contributed by atoms with E-state index in [-0.39, 0.29) is 5.69 Å². The first-order valence-electron chi connectivity index (χ1n) is 5.48. The molecule has 0 aliphatic heterocycles. The Bertz CT molecular complexity index is 612. The van der Waals surface area contributed by atoms with Crippen molar-refractivity contribution in [1.29, 1.82) is 0 Å². The number of nitrogens with one attached hydrogen (secondary N) is 1. The van der Waals surface area contributed by atoms with E-state index in [9.17, 15) is 23.3 Å². The van der Waals surface area contributed by atoms with Crippen LogP contribution in [0.4, 0.5) is 24.5 Å². The maximum Gasteiger partial charge on any atom is 0.416 e. The first kappa shape index (κ1) is 14.3. The van der Waals surface area contributed by atoms with Crippen molar-refractivity contribution in [2.75, 3.05) is 5.32 Å². The molecule has 0 atom stereocenters. The van der Waals surface area contributed by atoms with Crippen LogP contribution >= 0.6 is 11.3 Å². The fourth-order valence-corrected chi connectivity index (χ4v) is 2.27. The van der Waals surface area contributed by atoms with Gasteiger partial charge in [-0.3, -0.25) is 10.1 Å². The normalized spacial score (nSPS) is 11.3. The molecule has 1 heterocycles. The van der Waals surface area contributed by atoms with Gasteiger partial charge in [-0.1, -0.05) is 0 Å². The lowest BCUT2D eigenvalue weighted by molar-refractivity contribution is -0.384. The summed E-state index contributed by atoms with van der Waals surface area (Å²) in [6.07, 6.45) is -4.60. The topological polar surface area (TPSA) is 55.2 Å². The predicted octanol–water partition coefficient (Wildman–Crippen LogP) is 4.29. The highest BCUT2D eigenvalue weighted by atomic mass is 32.1. The second-order valence-electron chi connectivity index (χ2n) is 3.97. The summed E-state index contributed by atoms with van der Waals surface area (Å²) in [4.78, 5) is 10.0. The van der Waals surface area contributed by atoms with Gasteiger partial charge in [-0.15, -0.1) is 0 Å². The molecule has 0 bridgehead atoms. The second-order valence-corrected chi connectivity index (χ2v) is 4.75. The molecule has 1 aromatic heterocycles. The number of halogens is 3. The van der Waals surface area contributed by atoms with E-state index >= 15 is 0 Å². The molecular formula is C12H9F3N2O2S. The van der Waals surface area contributed by atoms with Crippen LogP contribution in [0.5, 0.6) is 0 Å². The fraction of sp³-hybridized carbons (Fsp3) is 0.167. The van der Waals surface area contributed by atoms with E-state index in [1.54, 1.807) is 0 Å². The van der Waals surface area contributed by atoms with Crippen molar-refractivity contribution in [3.05, 3.63) is 56.3 Å². The lowest BCUT2D eigenvalue weighted by atomic mass is 10.1. The maximum atomic E-state index is 12.5. The van der Waals surface area contributed by atoms with Gasteiger partial charge in [0.15, 0.2) is 0 Å². The van der Waals surface area contributed by atoms with Crippen molar-refractivity contribution >= 4 is 22.7 Å². The number of hydrogen-bond acceptors (Lipinski definition) is 4. The highest BCUT2D eigenvalue weighted by Gasteiger charge is 2.32. The van der Waals surface area contributed by atoms with E-state index in [2.05, 4.69) is 5.32 Å². The summed E-state index contributed by atoms with van der Waals surface area (Å²) in [6, 6.07) is 4.26. The monoisotopic (exact) mass is 302 g/mol. The third-order valence-electron chi connectivity index (χ3n) is 2.58. The second kappa shape index (κ2) is 5.49. The molecule has 0 fully saturated rings. The van der Waals surface area contributed by atoms with Crippen LogP contribution in [0.1, 0.15) is 11.1 Å². The SMILES string of the molecule is O=[N+]([O-])c1cc(C(F)(F)F)ccc1NCc1ccsc1. The Morgan fingerprint density at radius 1 is 1.30 bits per heavy atom. The van der Waals surface area contributed by atoms with Crippen LogP contribution in [0.3, 0.4) is 0 Å². The number of nitro benzene ring substituents is 1. The number of alkyl halides is 3. The van der Waals surface area contributed by atoms with Gasteiger partial charge in [0.2, 0.25) is 0 Å². The van der Waals surface area contributed by atoms with Crippen LogP contribution in [-0.4, -0.2) is 4.92 Å². The molecule has 0 aliphatic rings. The smallest absolute Gasteiger partial charge is 0.375 e. The van der Waals surface area contributed by atoms with E-state index in [1.807, 2.05) is 16.8 Å². The average Bonchev–Trinajstić information content (AvgIpc) is 2.88. The first-order valence-corrected chi connectivity index (χ1v) is 6.43. The summed E-state index contributed by atoms with van der Waals surface area (Å²) in [7, 11) is 0. The summed E-state index contributed by atoms with van der Waals surface area (Å²) < 4.78 is 37.6. The number of benzene rings is 1. The molecule has 0 unspecified atom stereocenters. The highest BCUT2D eigenvalue weighted by molar-refractivity contribution is 7.07. The number of nitrogens with zero attached hydrogens (tertiary/aromatic N) is 1. The zero-order valence-corrected chi connectivity index (χ0v) is 10.8. The Balaban J connectivity index is 2.26. The zero-order valence-electron chi connectivity index (χ0n) is 9.98. The number of thiophene rings is 1.